The number of hydrogen-bond acceptors (Lipinski definition) is 4. The Balaban J connectivity index is 1.42. The fourth-order valence-electron chi connectivity index (χ4n) is 3.57. The van der Waals surface area contributed by atoms with Gasteiger partial charge in [0.1, 0.15) is 11.1 Å². The normalized spacial score (nSPS) is 15.7. The zero-order valence-electron chi connectivity index (χ0n) is 17.3. The van der Waals surface area contributed by atoms with E-state index in [2.05, 4.69) is 5.32 Å². The first-order valence-electron chi connectivity index (χ1n) is 10.2. The van der Waals surface area contributed by atoms with E-state index < -0.39 is 0 Å². The minimum absolute atomic E-state index is 0.0139. The monoisotopic (exact) mass is 432 g/mol. The van der Waals surface area contributed by atoms with E-state index in [9.17, 15) is 9.59 Å². The predicted molar refractivity (Wildman–Crippen MR) is 126 cm³/mol. The Bertz CT molecular complexity index is 1050. The van der Waals surface area contributed by atoms with Crippen LogP contribution in [0.4, 0.5) is 11.4 Å². The second-order valence-corrected chi connectivity index (χ2v) is 8.35. The summed E-state index contributed by atoms with van der Waals surface area (Å²) >= 11 is 1.59. The van der Waals surface area contributed by atoms with Gasteiger partial charge >= 0.3 is 0 Å². The molecule has 5 nitrogen and oxygen atoms in total. The first-order chi connectivity index (χ1) is 15.1. The summed E-state index contributed by atoms with van der Waals surface area (Å²) in [6, 6.07) is 25.2. The van der Waals surface area contributed by atoms with Gasteiger partial charge in [-0.25, -0.2) is 0 Å². The van der Waals surface area contributed by atoms with Crippen LogP contribution in [0.3, 0.4) is 0 Å². The van der Waals surface area contributed by atoms with Crippen molar-refractivity contribution in [1.29, 1.82) is 0 Å². The van der Waals surface area contributed by atoms with E-state index in [4.69, 9.17) is 4.74 Å². The van der Waals surface area contributed by atoms with Gasteiger partial charge in [0.25, 0.3) is 0 Å². The van der Waals surface area contributed by atoms with E-state index >= 15 is 0 Å². The SMILES string of the molecule is COc1cccc(N2C(=O)CSC2c2ccc(NC(=O)CCc3ccccc3)cc2)c1. The lowest BCUT2D eigenvalue weighted by Crippen LogP contribution is -2.27. The summed E-state index contributed by atoms with van der Waals surface area (Å²) in [6.45, 7) is 0. The molecule has 0 aromatic heterocycles. The van der Waals surface area contributed by atoms with Crippen molar-refractivity contribution in [3.63, 3.8) is 0 Å². The average molecular weight is 433 g/mol. The predicted octanol–water partition coefficient (Wildman–Crippen LogP) is 5.05. The van der Waals surface area contributed by atoms with E-state index in [0.29, 0.717) is 18.6 Å². The first kappa shape index (κ1) is 21.0. The molecular formula is C25H24N2O3S. The van der Waals surface area contributed by atoms with Crippen LogP contribution in [-0.2, 0) is 16.0 Å². The molecule has 3 aromatic rings. The van der Waals surface area contributed by atoms with Gasteiger partial charge in [0.2, 0.25) is 11.8 Å². The molecule has 0 bridgehead atoms. The van der Waals surface area contributed by atoms with E-state index in [1.807, 2.05) is 78.9 Å². The minimum Gasteiger partial charge on any atom is -0.497 e. The standard InChI is InChI=1S/C25H24N2O3S/c1-30-22-9-5-8-21(16-22)27-24(29)17-31-25(27)19-11-13-20(14-12-19)26-23(28)15-10-18-6-3-2-4-7-18/h2-9,11-14,16,25H,10,15,17H2,1H3,(H,26,28). The van der Waals surface area contributed by atoms with Gasteiger partial charge in [0.05, 0.1) is 12.9 Å². The molecule has 31 heavy (non-hydrogen) atoms. The summed E-state index contributed by atoms with van der Waals surface area (Å²) in [5.41, 5.74) is 3.73. The molecule has 6 heteroatoms. The number of carbonyl (C=O) groups excluding carboxylic acids is 2. The molecule has 4 rings (SSSR count). The fourth-order valence-corrected chi connectivity index (χ4v) is 4.74. The van der Waals surface area contributed by atoms with Crippen molar-refractivity contribution in [1.82, 2.24) is 0 Å². The third-order valence-corrected chi connectivity index (χ3v) is 6.37. The summed E-state index contributed by atoms with van der Waals surface area (Å²) in [4.78, 5) is 26.7. The molecule has 1 N–H and O–H groups in total. The fraction of sp³-hybridized carbons (Fsp3) is 0.200. The molecule has 3 aromatic carbocycles. The van der Waals surface area contributed by atoms with Crippen molar-refractivity contribution in [2.45, 2.75) is 18.2 Å². The van der Waals surface area contributed by atoms with Crippen LogP contribution >= 0.6 is 11.8 Å². The number of hydrogen-bond donors (Lipinski definition) is 1. The maximum Gasteiger partial charge on any atom is 0.238 e. The van der Waals surface area contributed by atoms with Gasteiger partial charge in [-0.2, -0.15) is 0 Å². The van der Waals surface area contributed by atoms with Gasteiger partial charge in [-0.3, -0.25) is 14.5 Å². The van der Waals surface area contributed by atoms with Gasteiger partial charge in [-0.1, -0.05) is 48.5 Å². The van der Waals surface area contributed by atoms with Crippen LogP contribution in [0.15, 0.2) is 78.9 Å². The van der Waals surface area contributed by atoms with Crippen molar-refractivity contribution in [3.8, 4) is 5.75 Å². The van der Waals surface area contributed by atoms with Crippen LogP contribution in [0.5, 0.6) is 5.75 Å². The van der Waals surface area contributed by atoms with Gasteiger partial charge < -0.3 is 10.1 Å². The number of anilines is 2. The second kappa shape index (κ2) is 9.71. The molecule has 1 heterocycles. The van der Waals surface area contributed by atoms with Gasteiger partial charge in [0.15, 0.2) is 0 Å². The topological polar surface area (TPSA) is 58.6 Å². The summed E-state index contributed by atoms with van der Waals surface area (Å²) in [7, 11) is 1.62. The number of thioether (sulfide) groups is 1. The molecule has 1 fully saturated rings. The Morgan fingerprint density at radius 1 is 1.06 bits per heavy atom. The zero-order valence-corrected chi connectivity index (χ0v) is 18.1. The zero-order chi connectivity index (χ0) is 21.6. The maximum atomic E-state index is 12.6. The number of nitrogens with one attached hydrogen (secondary N) is 1. The molecule has 1 aliphatic heterocycles. The minimum atomic E-state index is -0.109. The Labute approximate surface area is 186 Å². The second-order valence-electron chi connectivity index (χ2n) is 7.28. The van der Waals surface area contributed by atoms with E-state index in [1.165, 1.54) is 0 Å². The third-order valence-electron chi connectivity index (χ3n) is 5.16. The summed E-state index contributed by atoms with van der Waals surface area (Å²) in [5, 5.41) is 2.85. The largest absolute Gasteiger partial charge is 0.497 e. The highest BCUT2D eigenvalue weighted by Crippen LogP contribution is 2.42. The quantitative estimate of drug-likeness (QED) is 0.568. The smallest absolute Gasteiger partial charge is 0.238 e. The van der Waals surface area contributed by atoms with Crippen LogP contribution in [0, 0.1) is 0 Å². The number of amides is 2. The van der Waals surface area contributed by atoms with E-state index in [0.717, 1.165) is 28.3 Å². The molecule has 1 aliphatic rings. The molecule has 0 spiro atoms. The van der Waals surface area contributed by atoms with Crippen molar-refractivity contribution >= 4 is 35.0 Å². The summed E-state index contributed by atoms with van der Waals surface area (Å²) in [6.07, 6.45) is 1.14. The number of rotatable bonds is 7. The number of aryl methyl sites for hydroxylation is 1. The lowest BCUT2D eigenvalue weighted by Gasteiger charge is -2.25. The van der Waals surface area contributed by atoms with Crippen LogP contribution in [0.1, 0.15) is 22.9 Å². The Hall–Kier alpha value is -3.25. The van der Waals surface area contributed by atoms with Crippen LogP contribution in [0.25, 0.3) is 0 Å². The van der Waals surface area contributed by atoms with Crippen LogP contribution < -0.4 is 15.0 Å². The van der Waals surface area contributed by atoms with Gasteiger partial charge in [-0.15, -0.1) is 11.8 Å². The number of methoxy groups -OCH3 is 1. The molecule has 0 saturated carbocycles. The molecule has 1 saturated heterocycles. The molecule has 0 radical (unpaired) electrons. The van der Waals surface area contributed by atoms with Crippen molar-refractivity contribution in [3.05, 3.63) is 90.0 Å². The van der Waals surface area contributed by atoms with Crippen LogP contribution in [0.2, 0.25) is 0 Å². The first-order valence-corrected chi connectivity index (χ1v) is 11.2. The molecule has 2 amide bonds. The molecule has 158 valence electrons. The highest BCUT2D eigenvalue weighted by Gasteiger charge is 2.34. The van der Waals surface area contributed by atoms with E-state index in [-0.39, 0.29) is 17.2 Å². The van der Waals surface area contributed by atoms with Gasteiger partial charge in [-0.05, 0) is 41.8 Å². The molecule has 1 atom stereocenters. The molecule has 0 aliphatic carbocycles. The lowest BCUT2D eigenvalue weighted by molar-refractivity contribution is -0.116. The summed E-state index contributed by atoms with van der Waals surface area (Å²) in [5.74, 6) is 1.20. The molecular weight excluding hydrogens is 408 g/mol. The van der Waals surface area contributed by atoms with Gasteiger partial charge in [0, 0.05) is 23.9 Å². The highest BCUT2D eigenvalue weighted by molar-refractivity contribution is 8.00. The maximum absolute atomic E-state index is 12.6. The Morgan fingerprint density at radius 2 is 1.84 bits per heavy atom. The van der Waals surface area contributed by atoms with E-state index in [1.54, 1.807) is 23.8 Å². The average Bonchev–Trinajstić information content (AvgIpc) is 3.20. The third kappa shape index (κ3) is 5.09. The van der Waals surface area contributed by atoms with Crippen molar-refractivity contribution in [2.75, 3.05) is 23.1 Å². The number of nitrogens with zero attached hydrogens (tertiary/aromatic N) is 1. The summed E-state index contributed by atoms with van der Waals surface area (Å²) < 4.78 is 5.31. The Kier molecular flexibility index (Phi) is 6.57. The van der Waals surface area contributed by atoms with Crippen molar-refractivity contribution in [2.24, 2.45) is 0 Å². The van der Waals surface area contributed by atoms with Crippen molar-refractivity contribution < 1.29 is 14.3 Å². The number of benzene rings is 3. The molecule has 1 unspecified atom stereocenters. The number of carbonyl (C=O) groups is 2. The highest BCUT2D eigenvalue weighted by atomic mass is 32.2. The van der Waals surface area contributed by atoms with Crippen LogP contribution in [-0.4, -0.2) is 24.7 Å². The lowest BCUT2D eigenvalue weighted by atomic mass is 10.1. The Morgan fingerprint density at radius 3 is 2.58 bits per heavy atom. The number of ether oxygens (including phenoxy) is 1.